The molecule has 1 amide bonds. The number of nitrogens with zero attached hydrogens (tertiary/aromatic N) is 4. The van der Waals surface area contributed by atoms with Crippen LogP contribution in [0, 0.1) is 11.5 Å². The maximum absolute atomic E-state index is 12.1. The lowest BCUT2D eigenvalue weighted by Gasteiger charge is -2.38. The molecule has 1 saturated heterocycles. The zero-order chi connectivity index (χ0) is 22.7. The fraction of sp³-hybridized carbons (Fsp3) is 0.714. The number of piperidine rings is 1. The topological polar surface area (TPSA) is 107 Å². The predicted octanol–water partition coefficient (Wildman–Crippen LogP) is 2.64. The fourth-order valence-electron chi connectivity index (χ4n) is 3.01. The summed E-state index contributed by atoms with van der Waals surface area (Å²) in [6.45, 7) is 12.9. The molecule has 0 aromatic rings. The second-order valence-corrected chi connectivity index (χ2v) is 8.41. The van der Waals surface area contributed by atoms with Crippen molar-refractivity contribution in [3.05, 3.63) is 11.6 Å². The first kappa shape index (κ1) is 25.3. The fourth-order valence-corrected chi connectivity index (χ4v) is 3.01. The van der Waals surface area contributed by atoms with E-state index in [0.717, 1.165) is 18.4 Å². The molecule has 0 spiro atoms. The lowest BCUT2D eigenvalue weighted by molar-refractivity contribution is -0.143. The highest BCUT2D eigenvalue weighted by molar-refractivity contribution is 5.85. The number of amides is 1. The Balaban J connectivity index is 2.96. The first-order valence-electron chi connectivity index (χ1n) is 10.3. The minimum atomic E-state index is -0.577. The molecular formula is C21H35N5O4. The van der Waals surface area contributed by atoms with Crippen LogP contribution in [0.15, 0.2) is 16.6 Å². The minimum Gasteiger partial charge on any atom is -0.465 e. The lowest BCUT2D eigenvalue weighted by atomic mass is 10.1. The highest BCUT2D eigenvalue weighted by Crippen LogP contribution is 2.15. The Bertz CT molecular complexity index is 686. The van der Waals surface area contributed by atoms with Gasteiger partial charge in [-0.2, -0.15) is 5.26 Å². The van der Waals surface area contributed by atoms with Gasteiger partial charge in [0.05, 0.1) is 6.61 Å². The van der Waals surface area contributed by atoms with E-state index in [4.69, 9.17) is 9.47 Å². The molecule has 168 valence electrons. The Labute approximate surface area is 179 Å². The van der Waals surface area contributed by atoms with Gasteiger partial charge in [0.15, 0.2) is 0 Å². The number of guanidine groups is 1. The Morgan fingerprint density at radius 3 is 2.63 bits per heavy atom. The Hall–Kier alpha value is -2.76. The third-order valence-electron chi connectivity index (χ3n) is 4.20. The van der Waals surface area contributed by atoms with Crippen LogP contribution in [-0.4, -0.2) is 72.3 Å². The maximum Gasteiger partial charge on any atom is 0.407 e. The number of hydrogen-bond donors (Lipinski definition) is 1. The number of alkyl carbamates (subject to hydrolysis) is 1. The molecule has 0 aromatic heterocycles. The minimum absolute atomic E-state index is 0.0151. The van der Waals surface area contributed by atoms with Gasteiger partial charge in [-0.1, -0.05) is 11.6 Å². The van der Waals surface area contributed by atoms with Crippen molar-refractivity contribution >= 4 is 18.0 Å². The third-order valence-corrected chi connectivity index (χ3v) is 4.20. The molecule has 1 rings (SSSR count). The summed E-state index contributed by atoms with van der Waals surface area (Å²) in [5.41, 5.74) is 0.510. The second-order valence-electron chi connectivity index (χ2n) is 8.41. The lowest BCUT2D eigenvalue weighted by Crippen LogP contribution is -2.55. The molecule has 9 nitrogen and oxygen atoms in total. The number of likely N-dealkylation sites (tertiary alicyclic amines) is 1. The number of esters is 1. The van der Waals surface area contributed by atoms with Crippen molar-refractivity contribution in [2.45, 2.75) is 66.0 Å². The van der Waals surface area contributed by atoms with Gasteiger partial charge >= 0.3 is 12.1 Å². The van der Waals surface area contributed by atoms with Crippen LogP contribution in [0.2, 0.25) is 0 Å². The summed E-state index contributed by atoms with van der Waals surface area (Å²) < 4.78 is 10.4. The molecule has 1 N–H and O–H groups in total. The smallest absolute Gasteiger partial charge is 0.407 e. The van der Waals surface area contributed by atoms with Crippen molar-refractivity contribution in [1.29, 1.82) is 5.26 Å². The summed E-state index contributed by atoms with van der Waals surface area (Å²) in [6, 6.07) is -0.148. The number of ether oxygens (including phenoxy) is 2. The number of aliphatic imine (C=N–C) groups is 1. The molecule has 9 heteroatoms. The molecule has 1 aliphatic heterocycles. The van der Waals surface area contributed by atoms with Crippen molar-refractivity contribution in [2.75, 3.05) is 32.8 Å². The zero-order valence-electron chi connectivity index (χ0n) is 19.0. The van der Waals surface area contributed by atoms with E-state index in [-0.39, 0.29) is 25.2 Å². The van der Waals surface area contributed by atoms with Gasteiger partial charge < -0.3 is 24.6 Å². The standard InChI is InChI=1S/C21H35N5O4/c1-7-29-18(27)14-26(12-10-16(2)3)19(23-15-22)25-11-8-9-17(13-25)24-20(28)30-21(4,5)6/h10,17H,7-9,11-14H2,1-6H3,(H,24,28)/b23-19+. The molecule has 1 fully saturated rings. The number of nitriles is 1. The highest BCUT2D eigenvalue weighted by Gasteiger charge is 2.29. The number of carbonyl (C=O) groups is 2. The van der Waals surface area contributed by atoms with Crippen LogP contribution in [0.1, 0.15) is 54.4 Å². The van der Waals surface area contributed by atoms with Gasteiger partial charge in [-0.3, -0.25) is 4.79 Å². The van der Waals surface area contributed by atoms with Gasteiger partial charge in [0.2, 0.25) is 12.2 Å². The summed E-state index contributed by atoms with van der Waals surface area (Å²) in [7, 11) is 0. The van der Waals surface area contributed by atoms with Gasteiger partial charge in [-0.25, -0.2) is 4.79 Å². The van der Waals surface area contributed by atoms with Gasteiger partial charge in [0, 0.05) is 25.7 Å². The quantitative estimate of drug-likeness (QED) is 0.231. The largest absolute Gasteiger partial charge is 0.465 e. The number of allylic oxidation sites excluding steroid dienone is 1. The number of hydrogen-bond acceptors (Lipinski definition) is 6. The van der Waals surface area contributed by atoms with Crippen molar-refractivity contribution in [3.8, 4) is 6.19 Å². The van der Waals surface area contributed by atoms with Crippen molar-refractivity contribution in [2.24, 2.45) is 4.99 Å². The van der Waals surface area contributed by atoms with E-state index >= 15 is 0 Å². The van der Waals surface area contributed by atoms with Crippen molar-refractivity contribution < 1.29 is 19.1 Å². The molecule has 0 aliphatic carbocycles. The average Bonchev–Trinajstić information content (AvgIpc) is 2.62. The van der Waals surface area contributed by atoms with Gasteiger partial charge in [0.25, 0.3) is 0 Å². The van der Waals surface area contributed by atoms with E-state index in [1.807, 2.05) is 51.8 Å². The molecule has 1 aliphatic rings. The van der Waals surface area contributed by atoms with Crippen LogP contribution in [0.25, 0.3) is 0 Å². The molecule has 0 aromatic carbocycles. The first-order chi connectivity index (χ1) is 14.1. The Morgan fingerprint density at radius 1 is 1.37 bits per heavy atom. The molecular weight excluding hydrogens is 386 g/mol. The number of carbonyl (C=O) groups excluding carboxylic acids is 2. The van der Waals surface area contributed by atoms with Crippen LogP contribution < -0.4 is 5.32 Å². The highest BCUT2D eigenvalue weighted by atomic mass is 16.6. The summed E-state index contributed by atoms with van der Waals surface area (Å²) in [5.74, 6) is 0.0180. The average molecular weight is 422 g/mol. The third kappa shape index (κ3) is 9.63. The molecule has 0 saturated carbocycles. The van der Waals surface area contributed by atoms with Crippen molar-refractivity contribution in [3.63, 3.8) is 0 Å². The van der Waals surface area contributed by atoms with E-state index in [9.17, 15) is 14.9 Å². The SMILES string of the molecule is CCOC(=O)CN(CC=C(C)C)/C(=N/C#N)N1CCCC(NC(=O)OC(C)(C)C)C1. The molecule has 1 unspecified atom stereocenters. The summed E-state index contributed by atoms with van der Waals surface area (Å²) in [6.07, 6.45) is 4.94. The summed E-state index contributed by atoms with van der Waals surface area (Å²) >= 11 is 0. The molecule has 30 heavy (non-hydrogen) atoms. The maximum atomic E-state index is 12.1. The summed E-state index contributed by atoms with van der Waals surface area (Å²) in [4.78, 5) is 31.9. The van der Waals surface area contributed by atoms with E-state index in [1.54, 1.807) is 11.8 Å². The molecule has 0 bridgehead atoms. The monoisotopic (exact) mass is 421 g/mol. The summed E-state index contributed by atoms with van der Waals surface area (Å²) in [5, 5.41) is 12.1. The predicted molar refractivity (Wildman–Crippen MR) is 115 cm³/mol. The van der Waals surface area contributed by atoms with Crippen LogP contribution in [-0.2, 0) is 14.3 Å². The Kier molecular flexibility index (Phi) is 10.2. The zero-order valence-corrected chi connectivity index (χ0v) is 19.0. The van der Waals surface area contributed by atoms with Crippen molar-refractivity contribution in [1.82, 2.24) is 15.1 Å². The molecule has 0 radical (unpaired) electrons. The van der Waals surface area contributed by atoms with Gasteiger partial charge in [-0.05, 0) is 54.4 Å². The number of nitrogens with one attached hydrogen (secondary N) is 1. The van der Waals surface area contributed by atoms with E-state index in [2.05, 4.69) is 10.3 Å². The molecule has 1 atom stereocenters. The second kappa shape index (κ2) is 12.1. The van der Waals surface area contributed by atoms with Gasteiger partial charge in [0.1, 0.15) is 12.1 Å². The van der Waals surface area contributed by atoms with Gasteiger partial charge in [-0.15, -0.1) is 4.99 Å². The normalized spacial score (nSPS) is 16.9. The van der Waals surface area contributed by atoms with E-state index < -0.39 is 11.7 Å². The Morgan fingerprint density at radius 2 is 2.07 bits per heavy atom. The molecule has 1 heterocycles. The number of rotatable bonds is 6. The van der Waals surface area contributed by atoms with Crippen LogP contribution in [0.5, 0.6) is 0 Å². The van der Waals surface area contributed by atoms with Crippen LogP contribution >= 0.6 is 0 Å². The van der Waals surface area contributed by atoms with E-state index in [1.165, 1.54) is 0 Å². The van der Waals surface area contributed by atoms with E-state index in [0.29, 0.717) is 25.6 Å². The van der Waals surface area contributed by atoms with Crippen LogP contribution in [0.4, 0.5) is 4.79 Å². The first-order valence-corrected chi connectivity index (χ1v) is 10.3. The van der Waals surface area contributed by atoms with Crippen LogP contribution in [0.3, 0.4) is 0 Å².